The number of nitrogens with one attached hydrogen (secondary N) is 7. The van der Waals surface area contributed by atoms with Crippen LogP contribution in [0.3, 0.4) is 0 Å². The minimum atomic E-state index is -1.70. The molecule has 27 heteroatoms. The molecule has 16 N–H and O–H groups in total. The van der Waals surface area contributed by atoms with Crippen molar-refractivity contribution < 1.29 is 72.9 Å². The third-order valence-corrected chi connectivity index (χ3v) is 11.7. The minimum absolute atomic E-state index is 0.0231. The molecule has 71 heavy (non-hydrogen) atoms. The van der Waals surface area contributed by atoms with Gasteiger partial charge < -0.3 is 79.5 Å². The average Bonchev–Trinajstić information content (AvgIpc) is 3.98. The smallest absolute Gasteiger partial charge is 0.322 e. The first-order valence-corrected chi connectivity index (χ1v) is 23.6. The summed E-state index contributed by atoms with van der Waals surface area (Å²) in [5.41, 5.74) is 16.4. The van der Waals surface area contributed by atoms with Gasteiger partial charge in [0.25, 0.3) is 0 Å². The van der Waals surface area contributed by atoms with Gasteiger partial charge in [-0.05, 0) is 63.2 Å². The third kappa shape index (κ3) is 19.0. The number of carboxylic acid groups (broad SMARTS) is 1. The fourth-order valence-corrected chi connectivity index (χ4v) is 8.02. The largest absolute Gasteiger partial charge is 0.480 e. The van der Waals surface area contributed by atoms with Gasteiger partial charge in [-0.3, -0.25) is 57.5 Å². The number of carbonyl (C=O) groups excluding carboxylic acids is 11. The van der Waals surface area contributed by atoms with Crippen molar-refractivity contribution in [1.29, 1.82) is 0 Å². The second-order valence-electron chi connectivity index (χ2n) is 19.1. The molecule has 0 radical (unpaired) electrons. The van der Waals surface area contributed by atoms with Gasteiger partial charge in [0.05, 0.1) is 25.6 Å². The molecule has 0 saturated carbocycles. The number of amides is 11. The zero-order valence-corrected chi connectivity index (χ0v) is 41.4. The van der Waals surface area contributed by atoms with Crippen LogP contribution in [0.2, 0.25) is 0 Å². The van der Waals surface area contributed by atoms with Crippen LogP contribution in [0.25, 0.3) is 0 Å². The Morgan fingerprint density at radius 1 is 0.563 bits per heavy atom. The first-order chi connectivity index (χ1) is 33.1. The molecule has 0 aromatic rings. The van der Waals surface area contributed by atoms with E-state index in [1.165, 1.54) is 11.8 Å². The number of carbonyl (C=O) groups is 12. The summed E-state index contributed by atoms with van der Waals surface area (Å²) in [5, 5.41) is 45.9. The molecule has 11 amide bonds. The summed E-state index contributed by atoms with van der Waals surface area (Å²) in [6.45, 7) is 9.78. The standard InChI is InChI=1S/C44H74N12O15/c1-20(2)14-24(36(63)48-18-33(61)62)50-40(67)29-10-8-12-55(29)43(70)27(17-32(46)60)52-41(68)30-11-9-13-56(30)44(71)35(22(5)6)54-39(66)28(19-57)53-37(64)25(15-21(3)4)49-38(65)26(16-31(45)59)51-42(69)34(47)23(7)58/h20-30,34-35,57-58H,8-19,47H2,1-7H3,(H2,45,59)(H2,46,60)(H,48,63)(H,49,65)(H,50,67)(H,51,69)(H,52,68)(H,53,64)(H,54,66)(H,61,62)/t23-,24+,25+,26+,27+,28+,29+,30+,34+,35+/m1/s1. The van der Waals surface area contributed by atoms with Crippen molar-refractivity contribution in [2.75, 3.05) is 26.2 Å². The Bertz CT molecular complexity index is 1970. The molecule has 2 aliphatic heterocycles. The molecule has 2 rings (SSSR count). The van der Waals surface area contributed by atoms with Crippen LogP contribution in [0.4, 0.5) is 0 Å². The molecular formula is C44H74N12O15. The van der Waals surface area contributed by atoms with Crippen LogP contribution < -0.4 is 54.4 Å². The van der Waals surface area contributed by atoms with E-state index in [-0.39, 0.29) is 50.6 Å². The molecule has 2 saturated heterocycles. The van der Waals surface area contributed by atoms with Crippen molar-refractivity contribution >= 4 is 70.9 Å². The number of carboxylic acids is 1. The average molecular weight is 1010 g/mol. The van der Waals surface area contributed by atoms with Crippen molar-refractivity contribution in [3.63, 3.8) is 0 Å². The van der Waals surface area contributed by atoms with Gasteiger partial charge in [0.15, 0.2) is 0 Å². The van der Waals surface area contributed by atoms with Gasteiger partial charge in [0.2, 0.25) is 65.0 Å². The summed E-state index contributed by atoms with van der Waals surface area (Å²) in [5.74, 6) is -12.2. The molecule has 0 spiro atoms. The number of hydrogen-bond acceptors (Lipinski definition) is 15. The van der Waals surface area contributed by atoms with Gasteiger partial charge in [-0.15, -0.1) is 0 Å². The van der Waals surface area contributed by atoms with Crippen molar-refractivity contribution in [3.8, 4) is 0 Å². The Kier molecular flexibility index (Phi) is 24.2. The maximum atomic E-state index is 14.2. The van der Waals surface area contributed by atoms with E-state index in [1.54, 1.807) is 41.5 Å². The molecule has 2 aliphatic rings. The second-order valence-corrected chi connectivity index (χ2v) is 19.1. The zero-order valence-electron chi connectivity index (χ0n) is 41.4. The SMILES string of the molecule is CC(C)C[C@H](NC(=O)[C@H](CC(N)=O)NC(=O)[C@@H](N)[C@@H](C)O)C(=O)N[C@@H](CO)C(=O)N[C@H](C(=O)N1CCC[C@H]1C(=O)N[C@@H](CC(N)=O)C(=O)N1CCC[C@H]1C(=O)N[C@@H](CC(C)C)C(=O)NCC(=O)O)C(C)C. The Hall–Kier alpha value is -6.48. The van der Waals surface area contributed by atoms with E-state index >= 15 is 0 Å². The number of nitrogens with two attached hydrogens (primary N) is 3. The van der Waals surface area contributed by atoms with Gasteiger partial charge in [0.1, 0.15) is 60.9 Å². The van der Waals surface area contributed by atoms with Gasteiger partial charge in [0, 0.05) is 13.1 Å². The molecule has 2 fully saturated rings. The highest BCUT2D eigenvalue weighted by atomic mass is 16.4. The highest BCUT2D eigenvalue weighted by molar-refractivity contribution is 6.00. The highest BCUT2D eigenvalue weighted by Gasteiger charge is 2.43. The minimum Gasteiger partial charge on any atom is -0.480 e. The lowest BCUT2D eigenvalue weighted by Gasteiger charge is -2.33. The number of likely N-dealkylation sites (tertiary alicyclic amines) is 2. The second kappa shape index (κ2) is 28.4. The number of rotatable bonds is 28. The number of aliphatic hydroxyl groups excluding tert-OH is 2. The van der Waals surface area contributed by atoms with E-state index in [0.29, 0.717) is 12.8 Å². The molecule has 400 valence electrons. The lowest BCUT2D eigenvalue weighted by atomic mass is 10.0. The van der Waals surface area contributed by atoms with E-state index in [9.17, 15) is 67.7 Å². The fraction of sp³-hybridized carbons (Fsp3) is 0.727. The summed E-state index contributed by atoms with van der Waals surface area (Å²) < 4.78 is 0. The Labute approximate surface area is 411 Å². The quantitative estimate of drug-likeness (QED) is 0.0347. The van der Waals surface area contributed by atoms with Crippen LogP contribution >= 0.6 is 0 Å². The molecule has 0 aromatic carbocycles. The number of hydrogen-bond donors (Lipinski definition) is 13. The van der Waals surface area contributed by atoms with Crippen LogP contribution in [0.15, 0.2) is 0 Å². The van der Waals surface area contributed by atoms with Crippen LogP contribution in [0.1, 0.15) is 99.8 Å². The van der Waals surface area contributed by atoms with Crippen molar-refractivity contribution in [3.05, 3.63) is 0 Å². The fourth-order valence-electron chi connectivity index (χ4n) is 8.02. The normalized spacial score (nSPS) is 19.0. The predicted molar refractivity (Wildman–Crippen MR) is 250 cm³/mol. The monoisotopic (exact) mass is 1010 g/mol. The third-order valence-electron chi connectivity index (χ3n) is 11.7. The Morgan fingerprint density at radius 3 is 1.44 bits per heavy atom. The summed E-state index contributed by atoms with van der Waals surface area (Å²) in [7, 11) is 0. The first-order valence-electron chi connectivity index (χ1n) is 23.6. The lowest BCUT2D eigenvalue weighted by molar-refractivity contribution is -0.146. The predicted octanol–water partition coefficient (Wildman–Crippen LogP) is -5.72. The molecule has 27 nitrogen and oxygen atoms in total. The van der Waals surface area contributed by atoms with Gasteiger partial charge >= 0.3 is 5.97 Å². The number of nitrogens with zero attached hydrogens (tertiary/aromatic N) is 2. The van der Waals surface area contributed by atoms with Crippen LogP contribution in [-0.4, -0.2) is 183 Å². The Balaban J connectivity index is 2.27. The van der Waals surface area contributed by atoms with E-state index in [0.717, 1.165) is 4.90 Å². The maximum absolute atomic E-state index is 14.2. The number of primary amides is 2. The van der Waals surface area contributed by atoms with E-state index in [2.05, 4.69) is 37.2 Å². The van der Waals surface area contributed by atoms with Gasteiger partial charge in [-0.1, -0.05) is 41.5 Å². The number of aliphatic carboxylic acids is 1. The van der Waals surface area contributed by atoms with Crippen molar-refractivity contribution in [2.24, 2.45) is 35.0 Å². The van der Waals surface area contributed by atoms with Crippen LogP contribution in [-0.2, 0) is 57.5 Å². The summed E-state index contributed by atoms with van der Waals surface area (Å²) in [6.07, 6.45) is -1.72. The lowest BCUT2D eigenvalue weighted by Crippen LogP contribution is -2.62. The topological polar surface area (TPSA) is 434 Å². The molecular weight excluding hydrogens is 937 g/mol. The summed E-state index contributed by atoms with van der Waals surface area (Å²) >= 11 is 0. The van der Waals surface area contributed by atoms with E-state index < -0.39 is 163 Å². The molecule has 0 aliphatic carbocycles. The van der Waals surface area contributed by atoms with Crippen molar-refractivity contribution in [2.45, 2.75) is 160 Å². The van der Waals surface area contributed by atoms with Gasteiger partial charge in [-0.25, -0.2) is 0 Å². The van der Waals surface area contributed by atoms with E-state index in [1.807, 2.05) is 0 Å². The Morgan fingerprint density at radius 2 is 0.986 bits per heavy atom. The summed E-state index contributed by atoms with van der Waals surface area (Å²) in [6, 6.07) is -12.6. The zero-order chi connectivity index (χ0) is 54.0. The molecule has 0 bridgehead atoms. The molecule has 10 atom stereocenters. The van der Waals surface area contributed by atoms with Gasteiger partial charge in [-0.2, -0.15) is 0 Å². The molecule has 0 aromatic heterocycles. The molecule has 0 unspecified atom stereocenters. The summed E-state index contributed by atoms with van der Waals surface area (Å²) in [4.78, 5) is 159. The molecule has 2 heterocycles. The van der Waals surface area contributed by atoms with Crippen LogP contribution in [0, 0.1) is 17.8 Å². The highest BCUT2D eigenvalue weighted by Crippen LogP contribution is 2.23. The van der Waals surface area contributed by atoms with Crippen LogP contribution in [0.5, 0.6) is 0 Å². The maximum Gasteiger partial charge on any atom is 0.322 e. The number of aliphatic hydroxyl groups is 2. The van der Waals surface area contributed by atoms with E-state index in [4.69, 9.17) is 22.3 Å². The first kappa shape index (κ1) is 60.6. The van der Waals surface area contributed by atoms with Crippen molar-refractivity contribution in [1.82, 2.24) is 47.0 Å².